The average molecular weight is 315 g/mol. The monoisotopic (exact) mass is 315 g/mol. The lowest BCUT2D eigenvalue weighted by molar-refractivity contribution is 0.0513. The Morgan fingerprint density at radius 2 is 1.96 bits per heavy atom. The van der Waals surface area contributed by atoms with Gasteiger partial charge in [-0.3, -0.25) is 4.90 Å². The number of piperidine rings is 1. The number of hydrogen-bond acceptors (Lipinski definition) is 5. The number of benzene rings is 1. The van der Waals surface area contributed by atoms with Gasteiger partial charge in [0.2, 0.25) is 0 Å². The Kier molecular flexibility index (Phi) is 5.41. The van der Waals surface area contributed by atoms with E-state index in [2.05, 4.69) is 39.5 Å². The van der Waals surface area contributed by atoms with Crippen molar-refractivity contribution in [1.82, 2.24) is 15.2 Å². The third kappa shape index (κ3) is 4.39. The van der Waals surface area contributed by atoms with Crippen LogP contribution in [0.5, 0.6) is 0 Å². The summed E-state index contributed by atoms with van der Waals surface area (Å²) in [7, 11) is 0. The van der Waals surface area contributed by atoms with E-state index in [1.165, 1.54) is 5.56 Å². The molecule has 1 N–H and O–H groups in total. The number of aromatic nitrogens is 2. The number of aryl methyl sites for hydroxylation is 2. The molecule has 1 unspecified atom stereocenters. The predicted octanol–water partition coefficient (Wildman–Crippen LogP) is 2.58. The zero-order valence-electron chi connectivity index (χ0n) is 13.7. The van der Waals surface area contributed by atoms with Gasteiger partial charge in [0.05, 0.1) is 6.10 Å². The van der Waals surface area contributed by atoms with Crippen molar-refractivity contribution < 1.29 is 9.74 Å². The first-order chi connectivity index (χ1) is 11.2. The Bertz CT molecular complexity index is 591. The number of aliphatic hydroxyl groups excluding tert-OH is 1. The molecule has 0 radical (unpaired) electrons. The van der Waals surface area contributed by atoms with Gasteiger partial charge in [-0.25, -0.2) is 4.63 Å². The van der Waals surface area contributed by atoms with Crippen molar-refractivity contribution in [2.45, 2.75) is 45.3 Å². The summed E-state index contributed by atoms with van der Waals surface area (Å²) < 4.78 is 4.75. The maximum absolute atomic E-state index is 10.5. The first-order valence-electron chi connectivity index (χ1n) is 8.45. The SMILES string of the molecule is Cc1nonc1CN1CCC(C(O)CCc2ccccc2)CC1. The van der Waals surface area contributed by atoms with E-state index in [9.17, 15) is 5.11 Å². The van der Waals surface area contributed by atoms with Crippen LogP contribution in [0.1, 0.15) is 36.2 Å². The van der Waals surface area contributed by atoms with Gasteiger partial charge in [0.1, 0.15) is 11.4 Å². The van der Waals surface area contributed by atoms with E-state index in [-0.39, 0.29) is 6.10 Å². The molecule has 1 aliphatic rings. The number of rotatable bonds is 6. The second-order valence-electron chi connectivity index (χ2n) is 6.50. The third-order valence-corrected chi connectivity index (χ3v) is 4.87. The van der Waals surface area contributed by atoms with Gasteiger partial charge in [0, 0.05) is 6.54 Å². The summed E-state index contributed by atoms with van der Waals surface area (Å²) in [6, 6.07) is 10.4. The van der Waals surface area contributed by atoms with Crippen molar-refractivity contribution >= 4 is 0 Å². The minimum absolute atomic E-state index is 0.201. The first kappa shape index (κ1) is 16.1. The highest BCUT2D eigenvalue weighted by Crippen LogP contribution is 2.24. The largest absolute Gasteiger partial charge is 0.393 e. The number of aliphatic hydroxyl groups is 1. The third-order valence-electron chi connectivity index (χ3n) is 4.87. The first-order valence-corrected chi connectivity index (χ1v) is 8.45. The van der Waals surface area contributed by atoms with Gasteiger partial charge >= 0.3 is 0 Å². The predicted molar refractivity (Wildman–Crippen MR) is 87.8 cm³/mol. The van der Waals surface area contributed by atoms with Crippen LogP contribution in [0.2, 0.25) is 0 Å². The van der Waals surface area contributed by atoms with Crippen LogP contribution >= 0.6 is 0 Å². The zero-order valence-corrected chi connectivity index (χ0v) is 13.7. The van der Waals surface area contributed by atoms with Crippen molar-refractivity contribution in [3.05, 3.63) is 47.3 Å². The Hall–Kier alpha value is -1.72. The lowest BCUT2D eigenvalue weighted by atomic mass is 9.88. The molecule has 2 heterocycles. The van der Waals surface area contributed by atoms with Crippen LogP contribution in [0, 0.1) is 12.8 Å². The molecule has 1 atom stereocenters. The molecule has 0 spiro atoms. The van der Waals surface area contributed by atoms with Crippen molar-refractivity contribution in [1.29, 1.82) is 0 Å². The summed E-state index contributed by atoms with van der Waals surface area (Å²) in [5.41, 5.74) is 3.10. The van der Waals surface area contributed by atoms with Crippen molar-refractivity contribution in [3.63, 3.8) is 0 Å². The van der Waals surface area contributed by atoms with Gasteiger partial charge in [-0.1, -0.05) is 40.6 Å². The van der Waals surface area contributed by atoms with Gasteiger partial charge < -0.3 is 5.11 Å². The number of nitrogens with zero attached hydrogens (tertiary/aromatic N) is 3. The van der Waals surface area contributed by atoms with E-state index >= 15 is 0 Å². The Morgan fingerprint density at radius 1 is 1.22 bits per heavy atom. The molecule has 23 heavy (non-hydrogen) atoms. The van der Waals surface area contributed by atoms with E-state index in [1.807, 2.05) is 13.0 Å². The second kappa shape index (κ2) is 7.70. The molecular weight excluding hydrogens is 290 g/mol. The molecule has 0 aliphatic carbocycles. The van der Waals surface area contributed by atoms with E-state index in [0.717, 1.165) is 56.7 Å². The van der Waals surface area contributed by atoms with E-state index in [4.69, 9.17) is 4.63 Å². The fraction of sp³-hybridized carbons (Fsp3) is 0.556. The molecule has 2 aromatic rings. The molecule has 1 fully saturated rings. The van der Waals surface area contributed by atoms with Crippen LogP contribution in [-0.4, -0.2) is 39.5 Å². The minimum atomic E-state index is -0.201. The normalized spacial score (nSPS) is 18.2. The quantitative estimate of drug-likeness (QED) is 0.888. The van der Waals surface area contributed by atoms with Crippen LogP contribution in [-0.2, 0) is 13.0 Å². The summed E-state index contributed by atoms with van der Waals surface area (Å²) >= 11 is 0. The number of likely N-dealkylation sites (tertiary alicyclic amines) is 1. The molecule has 124 valence electrons. The maximum Gasteiger partial charge on any atom is 0.122 e. The van der Waals surface area contributed by atoms with Crippen LogP contribution in [0.15, 0.2) is 35.0 Å². The summed E-state index contributed by atoms with van der Waals surface area (Å²) in [5, 5.41) is 18.2. The molecule has 5 heteroatoms. The minimum Gasteiger partial charge on any atom is -0.393 e. The van der Waals surface area contributed by atoms with Crippen LogP contribution in [0.4, 0.5) is 0 Å². The standard InChI is InChI=1S/C18H25N3O2/c1-14-17(20-23-19-14)13-21-11-9-16(10-12-21)18(22)8-7-15-5-3-2-4-6-15/h2-6,16,18,22H,7-13H2,1H3. The summed E-state index contributed by atoms with van der Waals surface area (Å²) in [4.78, 5) is 2.37. The molecule has 1 aromatic carbocycles. The second-order valence-corrected chi connectivity index (χ2v) is 6.50. The average Bonchev–Trinajstić information content (AvgIpc) is 2.99. The van der Waals surface area contributed by atoms with Gasteiger partial charge in [-0.15, -0.1) is 0 Å². The fourth-order valence-electron chi connectivity index (χ4n) is 3.30. The fourth-order valence-corrected chi connectivity index (χ4v) is 3.30. The maximum atomic E-state index is 10.5. The van der Waals surface area contributed by atoms with E-state index in [0.29, 0.717) is 5.92 Å². The molecule has 0 amide bonds. The molecule has 1 aromatic heterocycles. The highest BCUT2D eigenvalue weighted by atomic mass is 16.6. The molecule has 3 rings (SSSR count). The van der Waals surface area contributed by atoms with E-state index < -0.39 is 0 Å². The van der Waals surface area contributed by atoms with Crippen molar-refractivity contribution in [2.75, 3.05) is 13.1 Å². The molecule has 1 aliphatic heterocycles. The Balaban J connectivity index is 1.42. The van der Waals surface area contributed by atoms with Gasteiger partial charge in [0.25, 0.3) is 0 Å². The Morgan fingerprint density at radius 3 is 2.61 bits per heavy atom. The van der Waals surface area contributed by atoms with Crippen molar-refractivity contribution in [2.24, 2.45) is 5.92 Å². The van der Waals surface area contributed by atoms with Crippen LogP contribution in [0.3, 0.4) is 0 Å². The summed E-state index contributed by atoms with van der Waals surface area (Å²) in [6.07, 6.45) is 3.68. The molecular formula is C18H25N3O2. The highest BCUT2D eigenvalue weighted by molar-refractivity contribution is 5.14. The van der Waals surface area contributed by atoms with Gasteiger partial charge in [0.15, 0.2) is 0 Å². The molecule has 5 nitrogen and oxygen atoms in total. The van der Waals surface area contributed by atoms with Gasteiger partial charge in [-0.2, -0.15) is 0 Å². The van der Waals surface area contributed by atoms with Crippen LogP contribution < -0.4 is 0 Å². The molecule has 0 bridgehead atoms. The topological polar surface area (TPSA) is 62.4 Å². The van der Waals surface area contributed by atoms with Gasteiger partial charge in [-0.05, 0) is 57.2 Å². The molecule has 0 saturated carbocycles. The smallest absolute Gasteiger partial charge is 0.122 e. The van der Waals surface area contributed by atoms with E-state index in [1.54, 1.807) is 0 Å². The zero-order chi connectivity index (χ0) is 16.1. The van der Waals surface area contributed by atoms with Crippen LogP contribution in [0.25, 0.3) is 0 Å². The lowest BCUT2D eigenvalue weighted by Crippen LogP contribution is -2.37. The Labute approximate surface area is 137 Å². The molecule has 1 saturated heterocycles. The lowest BCUT2D eigenvalue weighted by Gasteiger charge is -2.33. The summed E-state index contributed by atoms with van der Waals surface area (Å²) in [5.74, 6) is 0.409. The highest BCUT2D eigenvalue weighted by Gasteiger charge is 2.25. The number of hydrogen-bond donors (Lipinski definition) is 1. The summed E-state index contributed by atoms with van der Waals surface area (Å²) in [6.45, 7) is 4.72. The van der Waals surface area contributed by atoms with Crippen molar-refractivity contribution in [3.8, 4) is 0 Å².